The van der Waals surface area contributed by atoms with Gasteiger partial charge in [-0.15, -0.1) is 0 Å². The highest BCUT2D eigenvalue weighted by molar-refractivity contribution is 7.47. The van der Waals surface area contributed by atoms with E-state index in [2.05, 4.69) is 26.0 Å². The molecule has 0 aliphatic rings. The van der Waals surface area contributed by atoms with Crippen LogP contribution >= 0.6 is 7.82 Å². The quantitative estimate of drug-likeness (QED) is 0.0226. The summed E-state index contributed by atoms with van der Waals surface area (Å²) in [5, 5.41) is 0. The van der Waals surface area contributed by atoms with Gasteiger partial charge in [0.05, 0.1) is 34.4 Å². The zero-order valence-electron chi connectivity index (χ0n) is 32.2. The largest absolute Gasteiger partial charge is 0.472 e. The zero-order chi connectivity index (χ0) is 35.6. The Balaban J connectivity index is 4.24. The first kappa shape index (κ1) is 47.2. The number of quaternary nitrogens is 1. The average Bonchev–Trinajstić information content (AvgIpc) is 3.03. The molecule has 0 aromatic heterocycles. The van der Waals surface area contributed by atoms with E-state index in [9.17, 15) is 14.3 Å². The first-order chi connectivity index (χ1) is 23.1. The van der Waals surface area contributed by atoms with Crippen molar-refractivity contribution in [3.63, 3.8) is 0 Å². The first-order valence-corrected chi connectivity index (χ1v) is 21.4. The van der Waals surface area contributed by atoms with Gasteiger partial charge in [-0.3, -0.25) is 13.8 Å². The van der Waals surface area contributed by atoms with Crippen LogP contribution in [0.25, 0.3) is 0 Å². The van der Waals surface area contributed by atoms with Crippen LogP contribution in [0.2, 0.25) is 0 Å². The van der Waals surface area contributed by atoms with E-state index in [0.717, 1.165) is 32.1 Å². The van der Waals surface area contributed by atoms with Crippen molar-refractivity contribution in [2.24, 2.45) is 0 Å². The van der Waals surface area contributed by atoms with Gasteiger partial charge in [-0.25, -0.2) is 4.57 Å². The Kier molecular flexibility index (Phi) is 32.9. The van der Waals surface area contributed by atoms with E-state index < -0.39 is 13.9 Å². The second kappa shape index (κ2) is 33.4. The summed E-state index contributed by atoms with van der Waals surface area (Å²) < 4.78 is 34.8. The van der Waals surface area contributed by atoms with Crippen molar-refractivity contribution in [2.45, 2.75) is 180 Å². The van der Waals surface area contributed by atoms with Gasteiger partial charge >= 0.3 is 13.8 Å². The predicted molar refractivity (Wildman–Crippen MR) is 201 cm³/mol. The maximum atomic E-state index is 12.6. The van der Waals surface area contributed by atoms with Gasteiger partial charge in [-0.1, -0.05) is 142 Å². The van der Waals surface area contributed by atoms with Gasteiger partial charge in [0, 0.05) is 13.0 Å². The molecular weight excluding hydrogens is 625 g/mol. The molecule has 0 bridgehead atoms. The third-order valence-electron chi connectivity index (χ3n) is 8.58. The highest BCUT2D eigenvalue weighted by Gasteiger charge is 2.26. The van der Waals surface area contributed by atoms with Crippen molar-refractivity contribution < 1.29 is 37.3 Å². The maximum absolute atomic E-state index is 12.6. The maximum Gasteiger partial charge on any atom is 0.472 e. The minimum absolute atomic E-state index is 0.0902. The van der Waals surface area contributed by atoms with E-state index in [-0.39, 0.29) is 25.8 Å². The van der Waals surface area contributed by atoms with Crippen molar-refractivity contribution in [2.75, 3.05) is 54.1 Å². The molecule has 1 N–H and O–H groups in total. The molecule has 9 heteroatoms. The first-order valence-electron chi connectivity index (χ1n) is 19.9. The van der Waals surface area contributed by atoms with Crippen molar-refractivity contribution in [1.29, 1.82) is 0 Å². The Morgan fingerprint density at radius 2 is 1.08 bits per heavy atom. The summed E-state index contributed by atoms with van der Waals surface area (Å²) in [4.78, 5) is 22.7. The topological polar surface area (TPSA) is 91.3 Å². The minimum atomic E-state index is -4.26. The Hall–Kier alpha value is -0.760. The molecule has 0 saturated heterocycles. The molecule has 48 heavy (non-hydrogen) atoms. The Morgan fingerprint density at radius 3 is 1.58 bits per heavy atom. The van der Waals surface area contributed by atoms with Crippen molar-refractivity contribution >= 4 is 13.8 Å². The fourth-order valence-corrected chi connectivity index (χ4v) is 6.17. The number of nitrogens with zero attached hydrogens (tertiary/aromatic N) is 1. The number of rotatable bonds is 37. The molecule has 0 aliphatic carbocycles. The Bertz CT molecular complexity index is 787. The summed E-state index contributed by atoms with van der Waals surface area (Å²) in [7, 11) is 1.67. The lowest BCUT2D eigenvalue weighted by Gasteiger charge is -2.24. The molecule has 0 fully saturated rings. The summed E-state index contributed by atoms with van der Waals surface area (Å²) in [6.45, 7) is 5.60. The Labute approximate surface area is 297 Å². The van der Waals surface area contributed by atoms with Crippen LogP contribution in [0.3, 0.4) is 0 Å². The molecule has 0 rings (SSSR count). The molecule has 0 radical (unpaired) electrons. The summed E-state index contributed by atoms with van der Waals surface area (Å²) in [5.74, 6) is -0.317. The van der Waals surface area contributed by atoms with Gasteiger partial charge in [0.1, 0.15) is 19.3 Å². The summed E-state index contributed by atoms with van der Waals surface area (Å²) >= 11 is 0. The average molecular weight is 705 g/mol. The molecule has 0 amide bonds. The number of carbonyl (C=O) groups is 1. The normalized spacial score (nSPS) is 14.0. The molecule has 2 atom stereocenters. The van der Waals surface area contributed by atoms with Crippen LogP contribution in [-0.4, -0.2) is 75.6 Å². The summed E-state index contributed by atoms with van der Waals surface area (Å²) in [5.41, 5.74) is 0. The van der Waals surface area contributed by atoms with E-state index in [1.807, 2.05) is 21.1 Å². The second-order valence-electron chi connectivity index (χ2n) is 14.7. The number of unbranched alkanes of at least 4 members (excludes halogenated alkanes) is 21. The molecule has 0 saturated carbocycles. The third-order valence-corrected chi connectivity index (χ3v) is 9.56. The van der Waals surface area contributed by atoms with Crippen LogP contribution in [0.5, 0.6) is 0 Å². The lowest BCUT2D eigenvalue weighted by molar-refractivity contribution is -0.870. The number of likely N-dealkylation sites (N-methyl/N-ethyl adjacent to an activating group) is 1. The number of esters is 1. The fraction of sp³-hybridized carbons (Fsp3) is 0.923. The molecule has 0 aromatic carbocycles. The molecule has 0 spiro atoms. The van der Waals surface area contributed by atoms with E-state index >= 15 is 0 Å². The van der Waals surface area contributed by atoms with Gasteiger partial charge in [0.25, 0.3) is 0 Å². The van der Waals surface area contributed by atoms with Crippen LogP contribution in [-0.2, 0) is 27.9 Å². The van der Waals surface area contributed by atoms with Crippen molar-refractivity contribution in [1.82, 2.24) is 0 Å². The summed E-state index contributed by atoms with van der Waals surface area (Å²) in [6.07, 6.45) is 33.8. The monoisotopic (exact) mass is 705 g/mol. The fourth-order valence-electron chi connectivity index (χ4n) is 5.43. The number of ether oxygens (including phenoxy) is 2. The number of phosphoric ester groups is 1. The summed E-state index contributed by atoms with van der Waals surface area (Å²) in [6, 6.07) is 0. The van der Waals surface area contributed by atoms with E-state index in [0.29, 0.717) is 24.1 Å². The highest BCUT2D eigenvalue weighted by atomic mass is 31.2. The Morgan fingerprint density at radius 1 is 0.625 bits per heavy atom. The second-order valence-corrected chi connectivity index (χ2v) is 16.1. The van der Waals surface area contributed by atoms with Gasteiger partial charge < -0.3 is 18.9 Å². The highest BCUT2D eigenvalue weighted by Crippen LogP contribution is 2.43. The molecule has 8 nitrogen and oxygen atoms in total. The molecule has 2 unspecified atom stereocenters. The molecule has 0 aliphatic heterocycles. The van der Waals surface area contributed by atoms with Crippen molar-refractivity contribution in [3.8, 4) is 0 Å². The smallest absolute Gasteiger partial charge is 0.457 e. The van der Waals surface area contributed by atoms with E-state index in [1.54, 1.807) is 0 Å². The number of phosphoric acid groups is 1. The van der Waals surface area contributed by atoms with Crippen molar-refractivity contribution in [3.05, 3.63) is 12.2 Å². The van der Waals surface area contributed by atoms with Crippen LogP contribution in [0.4, 0.5) is 0 Å². The third kappa shape index (κ3) is 36.5. The molecule has 286 valence electrons. The predicted octanol–water partition coefficient (Wildman–Crippen LogP) is 11.1. The zero-order valence-corrected chi connectivity index (χ0v) is 33.1. The molecular formula is C39H79NO7P+. The van der Waals surface area contributed by atoms with Crippen LogP contribution < -0.4 is 0 Å². The van der Waals surface area contributed by atoms with E-state index in [1.165, 1.54) is 122 Å². The minimum Gasteiger partial charge on any atom is -0.457 e. The molecule has 0 aromatic rings. The van der Waals surface area contributed by atoms with Gasteiger partial charge in [-0.2, -0.15) is 0 Å². The molecule has 0 heterocycles. The van der Waals surface area contributed by atoms with E-state index in [4.69, 9.17) is 18.5 Å². The van der Waals surface area contributed by atoms with Crippen LogP contribution in [0.15, 0.2) is 12.2 Å². The lowest BCUT2D eigenvalue weighted by Crippen LogP contribution is -2.37. The van der Waals surface area contributed by atoms with Crippen LogP contribution in [0.1, 0.15) is 174 Å². The van der Waals surface area contributed by atoms with Gasteiger partial charge in [-0.05, 0) is 38.5 Å². The standard InChI is InChI=1S/C39H78NO7P/c1-6-8-10-12-14-16-18-19-20-21-22-23-25-27-29-31-34-44-36-38(37-46-48(42,43)45-35-33-40(3,4)5)47-39(41)32-30-28-26-24-17-15-13-11-9-7-2/h19-20,38H,6-18,21-37H2,1-5H3/p+1/b20-19-. The number of hydrogen-bond acceptors (Lipinski definition) is 6. The van der Waals surface area contributed by atoms with Crippen LogP contribution in [0, 0.1) is 0 Å². The number of hydrogen-bond donors (Lipinski definition) is 1. The van der Waals surface area contributed by atoms with Gasteiger partial charge in [0.15, 0.2) is 0 Å². The lowest BCUT2D eigenvalue weighted by atomic mass is 10.1. The number of allylic oxidation sites excluding steroid dienone is 2. The SMILES string of the molecule is CCCCCCCC/C=C\CCCCCCCCOCC(COP(=O)(O)OCC[N+](C)(C)C)OC(=O)CCCCCCCCCCCC. The van der Waals surface area contributed by atoms with Gasteiger partial charge in [0.2, 0.25) is 0 Å². The number of carbonyl (C=O) groups excluding carboxylic acids is 1.